The minimum atomic E-state index is -0.213. The molecule has 1 heterocycles. The highest BCUT2D eigenvalue weighted by molar-refractivity contribution is 5.78. The number of hydrogen-bond donors (Lipinski definition) is 2. The number of morpholine rings is 1. The van der Waals surface area contributed by atoms with Gasteiger partial charge in [-0.05, 0) is 20.5 Å². The van der Waals surface area contributed by atoms with Gasteiger partial charge in [0.2, 0.25) is 5.91 Å². The van der Waals surface area contributed by atoms with Crippen LogP contribution in [0, 0.1) is 0 Å². The number of amides is 1. The molecule has 1 unspecified atom stereocenters. The topological polar surface area (TPSA) is 53.6 Å². The molecule has 0 spiro atoms. The Balaban J connectivity index is 2.41. The lowest BCUT2D eigenvalue weighted by molar-refractivity contribution is -0.125. The fourth-order valence-electron chi connectivity index (χ4n) is 2.13. The van der Waals surface area contributed by atoms with E-state index in [0.29, 0.717) is 13.1 Å². The molecule has 0 aromatic heterocycles. The highest BCUT2D eigenvalue weighted by Crippen LogP contribution is 2.19. The van der Waals surface area contributed by atoms with Gasteiger partial charge in [-0.15, -0.1) is 0 Å². The van der Waals surface area contributed by atoms with Crippen LogP contribution in [0.5, 0.6) is 0 Å². The summed E-state index contributed by atoms with van der Waals surface area (Å²) in [6.45, 7) is 5.61. The Morgan fingerprint density at radius 1 is 1.53 bits per heavy atom. The van der Waals surface area contributed by atoms with E-state index in [-0.39, 0.29) is 11.5 Å². The number of rotatable bonds is 6. The number of hydrogen-bond acceptors (Lipinski definition) is 4. The minimum Gasteiger partial charge on any atom is -0.371 e. The molecule has 1 atom stereocenters. The fraction of sp³-hybridized carbons (Fsp3) is 0.917. The van der Waals surface area contributed by atoms with Gasteiger partial charge in [0.25, 0.3) is 0 Å². The zero-order valence-corrected chi connectivity index (χ0v) is 11.2. The quantitative estimate of drug-likeness (QED) is 0.680. The Hall–Kier alpha value is -0.650. The van der Waals surface area contributed by atoms with Crippen LogP contribution in [-0.4, -0.2) is 63.3 Å². The van der Waals surface area contributed by atoms with E-state index in [9.17, 15) is 4.79 Å². The third-order valence-corrected chi connectivity index (χ3v) is 2.91. The summed E-state index contributed by atoms with van der Waals surface area (Å²) in [5.41, 5.74) is -0.213. The Labute approximate surface area is 104 Å². The zero-order valence-electron chi connectivity index (χ0n) is 11.2. The molecule has 1 amide bonds. The van der Waals surface area contributed by atoms with E-state index in [1.807, 2.05) is 19.0 Å². The summed E-state index contributed by atoms with van der Waals surface area (Å²) in [4.78, 5) is 13.5. The van der Waals surface area contributed by atoms with Crippen molar-refractivity contribution in [2.75, 3.05) is 46.9 Å². The van der Waals surface area contributed by atoms with Crippen molar-refractivity contribution in [3.63, 3.8) is 0 Å². The van der Waals surface area contributed by atoms with Crippen LogP contribution in [0.25, 0.3) is 0 Å². The van der Waals surface area contributed by atoms with Crippen LogP contribution in [0.4, 0.5) is 0 Å². The van der Waals surface area contributed by atoms with Crippen molar-refractivity contribution in [1.82, 2.24) is 15.5 Å². The van der Waals surface area contributed by atoms with Crippen LogP contribution in [0.1, 0.15) is 19.8 Å². The summed E-state index contributed by atoms with van der Waals surface area (Å²) < 4.78 is 5.87. The predicted molar refractivity (Wildman–Crippen MR) is 68.0 cm³/mol. The second-order valence-electron chi connectivity index (χ2n) is 4.97. The number of likely N-dealkylation sites (N-methyl/N-ethyl adjacent to an activating group) is 1. The van der Waals surface area contributed by atoms with Gasteiger partial charge in [0.1, 0.15) is 0 Å². The van der Waals surface area contributed by atoms with E-state index in [0.717, 1.165) is 32.5 Å². The van der Waals surface area contributed by atoms with Gasteiger partial charge in [0.05, 0.1) is 18.8 Å². The van der Waals surface area contributed by atoms with Gasteiger partial charge in [0.15, 0.2) is 0 Å². The Morgan fingerprint density at radius 3 is 2.82 bits per heavy atom. The van der Waals surface area contributed by atoms with E-state index < -0.39 is 0 Å². The van der Waals surface area contributed by atoms with Gasteiger partial charge in [-0.25, -0.2) is 0 Å². The molecule has 1 rings (SSSR count). The Bertz CT molecular complexity index is 232. The maximum Gasteiger partial charge on any atom is 0.234 e. The summed E-state index contributed by atoms with van der Waals surface area (Å²) >= 11 is 0. The standard InChI is InChI=1S/C12H25N3O2/c1-4-5-12(9-13-6-7-17-12)10-14-11(16)8-15(2)3/h13H,4-10H2,1-3H3,(H,14,16). The first-order valence-electron chi connectivity index (χ1n) is 6.34. The molecule has 100 valence electrons. The molecule has 1 saturated heterocycles. The Morgan fingerprint density at radius 2 is 2.29 bits per heavy atom. The second-order valence-corrected chi connectivity index (χ2v) is 4.97. The maximum atomic E-state index is 11.6. The molecule has 17 heavy (non-hydrogen) atoms. The number of nitrogens with one attached hydrogen (secondary N) is 2. The van der Waals surface area contributed by atoms with Gasteiger partial charge < -0.3 is 20.3 Å². The van der Waals surface area contributed by atoms with Gasteiger partial charge >= 0.3 is 0 Å². The molecule has 1 aliphatic rings. The normalized spacial score (nSPS) is 24.9. The average molecular weight is 243 g/mol. The lowest BCUT2D eigenvalue weighted by Crippen LogP contribution is -2.56. The predicted octanol–water partition coefficient (Wildman–Crippen LogP) is -0.177. The third kappa shape index (κ3) is 5.02. The van der Waals surface area contributed by atoms with Crippen LogP contribution in [0.2, 0.25) is 0 Å². The summed E-state index contributed by atoms with van der Waals surface area (Å²) in [5.74, 6) is 0.0552. The first kappa shape index (κ1) is 14.4. The lowest BCUT2D eigenvalue weighted by Gasteiger charge is -2.38. The lowest BCUT2D eigenvalue weighted by atomic mass is 9.96. The molecule has 0 radical (unpaired) electrons. The largest absolute Gasteiger partial charge is 0.371 e. The van der Waals surface area contributed by atoms with Crippen molar-refractivity contribution in [3.05, 3.63) is 0 Å². The summed E-state index contributed by atoms with van der Waals surface area (Å²) in [5, 5.41) is 6.30. The molecule has 5 heteroatoms. The number of nitrogens with zero attached hydrogens (tertiary/aromatic N) is 1. The molecule has 2 N–H and O–H groups in total. The van der Waals surface area contributed by atoms with Crippen LogP contribution in [-0.2, 0) is 9.53 Å². The van der Waals surface area contributed by atoms with Crippen LogP contribution < -0.4 is 10.6 Å². The van der Waals surface area contributed by atoms with Gasteiger partial charge in [0, 0.05) is 19.6 Å². The highest BCUT2D eigenvalue weighted by atomic mass is 16.5. The number of ether oxygens (including phenoxy) is 1. The molecule has 0 aliphatic carbocycles. The summed E-state index contributed by atoms with van der Waals surface area (Å²) in [6.07, 6.45) is 2.04. The first-order valence-corrected chi connectivity index (χ1v) is 6.34. The van der Waals surface area contributed by atoms with E-state index in [1.54, 1.807) is 0 Å². The second kappa shape index (κ2) is 6.93. The highest BCUT2D eigenvalue weighted by Gasteiger charge is 2.32. The molecule has 1 fully saturated rings. The van der Waals surface area contributed by atoms with Gasteiger partial charge in [-0.2, -0.15) is 0 Å². The monoisotopic (exact) mass is 243 g/mol. The first-order chi connectivity index (χ1) is 8.08. The fourth-order valence-corrected chi connectivity index (χ4v) is 2.13. The number of carbonyl (C=O) groups is 1. The van der Waals surface area contributed by atoms with E-state index in [2.05, 4.69) is 17.6 Å². The molecule has 0 aromatic rings. The average Bonchev–Trinajstić information content (AvgIpc) is 2.27. The molecule has 0 bridgehead atoms. The van der Waals surface area contributed by atoms with Crippen LogP contribution in [0.15, 0.2) is 0 Å². The SMILES string of the molecule is CCCC1(CNC(=O)CN(C)C)CNCCO1. The van der Waals surface area contributed by atoms with E-state index >= 15 is 0 Å². The van der Waals surface area contributed by atoms with Crippen molar-refractivity contribution in [2.45, 2.75) is 25.4 Å². The molecule has 0 saturated carbocycles. The van der Waals surface area contributed by atoms with E-state index in [4.69, 9.17) is 4.74 Å². The summed E-state index contributed by atoms with van der Waals surface area (Å²) in [7, 11) is 3.78. The third-order valence-electron chi connectivity index (χ3n) is 2.91. The maximum absolute atomic E-state index is 11.6. The van der Waals surface area contributed by atoms with E-state index in [1.165, 1.54) is 0 Å². The van der Waals surface area contributed by atoms with Crippen molar-refractivity contribution in [2.24, 2.45) is 0 Å². The van der Waals surface area contributed by atoms with Crippen molar-refractivity contribution in [1.29, 1.82) is 0 Å². The number of carbonyl (C=O) groups excluding carboxylic acids is 1. The molecule has 1 aliphatic heterocycles. The molecule has 0 aromatic carbocycles. The molecular formula is C12H25N3O2. The van der Waals surface area contributed by atoms with Crippen LogP contribution in [0.3, 0.4) is 0 Å². The van der Waals surface area contributed by atoms with Gasteiger partial charge in [-0.3, -0.25) is 4.79 Å². The summed E-state index contributed by atoms with van der Waals surface area (Å²) in [6, 6.07) is 0. The van der Waals surface area contributed by atoms with Crippen molar-refractivity contribution >= 4 is 5.91 Å². The van der Waals surface area contributed by atoms with Gasteiger partial charge in [-0.1, -0.05) is 13.3 Å². The Kier molecular flexibility index (Phi) is 5.88. The van der Waals surface area contributed by atoms with Crippen LogP contribution >= 0.6 is 0 Å². The molecule has 5 nitrogen and oxygen atoms in total. The van der Waals surface area contributed by atoms with Crippen molar-refractivity contribution in [3.8, 4) is 0 Å². The van der Waals surface area contributed by atoms with Crippen molar-refractivity contribution < 1.29 is 9.53 Å². The zero-order chi connectivity index (χ0) is 12.7. The smallest absolute Gasteiger partial charge is 0.234 e. The minimum absolute atomic E-state index is 0.0552. The molecular weight excluding hydrogens is 218 g/mol.